The zero-order chi connectivity index (χ0) is 15.0. The van der Waals surface area contributed by atoms with Gasteiger partial charge in [0, 0.05) is 11.3 Å². The van der Waals surface area contributed by atoms with Gasteiger partial charge in [-0.3, -0.25) is 0 Å². The second kappa shape index (κ2) is 5.78. The Hall–Kier alpha value is -0.390. The minimum atomic E-state index is -0.869. The fourth-order valence-corrected chi connectivity index (χ4v) is 4.85. The number of halogens is 1. The van der Waals surface area contributed by atoms with E-state index in [2.05, 4.69) is 29.8 Å². The van der Waals surface area contributed by atoms with E-state index >= 15 is 0 Å². The lowest BCUT2D eigenvalue weighted by Crippen LogP contribution is -2.40. The second-order valence-corrected chi connectivity index (χ2v) is 7.81. The smallest absolute Gasteiger partial charge is 0.142 e. The summed E-state index contributed by atoms with van der Waals surface area (Å²) in [5.41, 5.74) is 0.0645. The molecule has 1 unspecified atom stereocenters. The molecule has 1 aromatic carbocycles. The first-order chi connectivity index (χ1) is 9.33. The standard InChI is InChI=1S/C15H21BrO3S/c1-14(2)7-15(17,9-20-8-14)10-5-6-11(18-3)12(16)13(10)19-4/h5-6,17H,7-9H2,1-4H3. The van der Waals surface area contributed by atoms with Gasteiger partial charge in [0.05, 0.1) is 14.2 Å². The van der Waals surface area contributed by atoms with E-state index in [-0.39, 0.29) is 5.41 Å². The van der Waals surface area contributed by atoms with Crippen molar-refractivity contribution in [3.63, 3.8) is 0 Å². The highest BCUT2D eigenvalue weighted by molar-refractivity contribution is 9.10. The fraction of sp³-hybridized carbons (Fsp3) is 0.600. The van der Waals surface area contributed by atoms with Crippen molar-refractivity contribution in [1.29, 1.82) is 0 Å². The van der Waals surface area contributed by atoms with Crippen LogP contribution in [0.1, 0.15) is 25.8 Å². The molecule has 0 saturated carbocycles. The van der Waals surface area contributed by atoms with Gasteiger partial charge in [0.1, 0.15) is 21.6 Å². The summed E-state index contributed by atoms with van der Waals surface area (Å²) in [5, 5.41) is 11.1. The lowest BCUT2D eigenvalue weighted by Gasteiger charge is -2.42. The van der Waals surface area contributed by atoms with Crippen molar-refractivity contribution in [2.45, 2.75) is 25.9 Å². The Morgan fingerprint density at radius 1 is 1.20 bits per heavy atom. The molecule has 1 fully saturated rings. The van der Waals surface area contributed by atoms with E-state index < -0.39 is 5.60 Å². The van der Waals surface area contributed by atoms with Gasteiger partial charge in [-0.2, -0.15) is 11.8 Å². The molecule has 5 heteroatoms. The van der Waals surface area contributed by atoms with E-state index in [0.717, 1.165) is 22.2 Å². The minimum Gasteiger partial charge on any atom is -0.495 e. The van der Waals surface area contributed by atoms with Gasteiger partial charge < -0.3 is 14.6 Å². The summed E-state index contributed by atoms with van der Waals surface area (Å²) >= 11 is 5.29. The van der Waals surface area contributed by atoms with Gasteiger partial charge in [-0.25, -0.2) is 0 Å². The van der Waals surface area contributed by atoms with Gasteiger partial charge in [0.25, 0.3) is 0 Å². The average Bonchev–Trinajstić information content (AvgIpc) is 2.36. The maximum Gasteiger partial charge on any atom is 0.142 e. The molecule has 1 N–H and O–H groups in total. The Balaban J connectivity index is 2.49. The molecule has 3 nitrogen and oxygen atoms in total. The summed E-state index contributed by atoms with van der Waals surface area (Å²) in [7, 11) is 3.24. The van der Waals surface area contributed by atoms with Crippen LogP contribution in [0.15, 0.2) is 16.6 Å². The molecule has 0 radical (unpaired) electrons. The predicted molar refractivity (Wildman–Crippen MR) is 86.9 cm³/mol. The molecule has 1 heterocycles. The zero-order valence-electron chi connectivity index (χ0n) is 12.3. The molecule has 0 spiro atoms. The summed E-state index contributed by atoms with van der Waals surface area (Å²) in [6.07, 6.45) is 0.724. The first-order valence-corrected chi connectivity index (χ1v) is 8.49. The van der Waals surface area contributed by atoms with Crippen molar-refractivity contribution in [2.75, 3.05) is 25.7 Å². The molecule has 1 atom stereocenters. The highest BCUT2D eigenvalue weighted by Crippen LogP contribution is 2.49. The third-order valence-electron chi connectivity index (χ3n) is 3.59. The number of benzene rings is 1. The first-order valence-electron chi connectivity index (χ1n) is 6.54. The lowest BCUT2D eigenvalue weighted by atomic mass is 9.78. The van der Waals surface area contributed by atoms with E-state index in [1.54, 1.807) is 26.0 Å². The molecule has 1 saturated heterocycles. The molecule has 0 bridgehead atoms. The van der Waals surface area contributed by atoms with Gasteiger partial charge in [-0.1, -0.05) is 13.8 Å². The van der Waals surface area contributed by atoms with Crippen LogP contribution in [-0.4, -0.2) is 30.8 Å². The molecular weight excluding hydrogens is 340 g/mol. The number of hydrogen-bond donors (Lipinski definition) is 1. The van der Waals surface area contributed by atoms with Crippen molar-refractivity contribution < 1.29 is 14.6 Å². The molecule has 0 amide bonds. The van der Waals surface area contributed by atoms with E-state index in [1.807, 2.05) is 12.1 Å². The number of methoxy groups -OCH3 is 2. The Morgan fingerprint density at radius 2 is 1.90 bits per heavy atom. The third kappa shape index (κ3) is 2.95. The van der Waals surface area contributed by atoms with E-state index in [1.165, 1.54) is 0 Å². The normalized spacial score (nSPS) is 25.3. The minimum absolute atomic E-state index is 0.106. The Labute approximate surface area is 133 Å². The van der Waals surface area contributed by atoms with Crippen LogP contribution in [0.2, 0.25) is 0 Å². The van der Waals surface area contributed by atoms with Crippen LogP contribution in [0.25, 0.3) is 0 Å². The van der Waals surface area contributed by atoms with Gasteiger partial charge >= 0.3 is 0 Å². The third-order valence-corrected chi connectivity index (χ3v) is 6.01. The van der Waals surface area contributed by atoms with Gasteiger partial charge in [-0.15, -0.1) is 0 Å². The monoisotopic (exact) mass is 360 g/mol. The number of rotatable bonds is 3. The predicted octanol–water partition coefficient (Wildman–Crippen LogP) is 3.82. The van der Waals surface area contributed by atoms with Crippen molar-refractivity contribution in [1.82, 2.24) is 0 Å². The van der Waals surface area contributed by atoms with Crippen molar-refractivity contribution >= 4 is 27.7 Å². The molecule has 2 rings (SSSR count). The summed E-state index contributed by atoms with van der Waals surface area (Å²) < 4.78 is 11.6. The van der Waals surface area contributed by atoms with Crippen LogP contribution in [-0.2, 0) is 5.60 Å². The summed E-state index contributed by atoms with van der Waals surface area (Å²) in [5.74, 6) is 3.11. The summed E-state index contributed by atoms with van der Waals surface area (Å²) in [6.45, 7) is 4.38. The van der Waals surface area contributed by atoms with Gasteiger partial charge in [0.15, 0.2) is 0 Å². The van der Waals surface area contributed by atoms with Gasteiger partial charge in [-0.05, 0) is 45.7 Å². The Morgan fingerprint density at radius 3 is 2.45 bits per heavy atom. The highest BCUT2D eigenvalue weighted by Gasteiger charge is 2.42. The highest BCUT2D eigenvalue weighted by atomic mass is 79.9. The SMILES string of the molecule is COc1ccc(C2(O)CSCC(C)(C)C2)c(OC)c1Br. The van der Waals surface area contributed by atoms with Crippen molar-refractivity contribution in [2.24, 2.45) is 5.41 Å². The molecule has 0 aliphatic carbocycles. The van der Waals surface area contributed by atoms with Crippen LogP contribution in [0.4, 0.5) is 0 Å². The van der Waals surface area contributed by atoms with Crippen LogP contribution in [0.5, 0.6) is 11.5 Å². The first kappa shape index (κ1) is 16.0. The van der Waals surface area contributed by atoms with Crippen LogP contribution in [0.3, 0.4) is 0 Å². The molecule has 1 aromatic rings. The largest absolute Gasteiger partial charge is 0.495 e. The summed E-state index contributed by atoms with van der Waals surface area (Å²) in [6, 6.07) is 3.77. The second-order valence-electron chi connectivity index (χ2n) is 6.03. The maximum absolute atomic E-state index is 11.1. The number of thioether (sulfide) groups is 1. The fourth-order valence-electron chi connectivity index (χ4n) is 2.82. The lowest BCUT2D eigenvalue weighted by molar-refractivity contribution is 0.0135. The van der Waals surface area contributed by atoms with Crippen LogP contribution in [0, 0.1) is 5.41 Å². The topological polar surface area (TPSA) is 38.7 Å². The molecular formula is C15H21BrO3S. The van der Waals surface area contributed by atoms with E-state index in [4.69, 9.17) is 9.47 Å². The van der Waals surface area contributed by atoms with E-state index in [9.17, 15) is 5.11 Å². The van der Waals surface area contributed by atoms with Crippen molar-refractivity contribution in [3.8, 4) is 11.5 Å². The Kier molecular flexibility index (Phi) is 4.62. The molecule has 1 aliphatic heterocycles. The summed E-state index contributed by atoms with van der Waals surface area (Å²) in [4.78, 5) is 0. The molecule has 112 valence electrons. The zero-order valence-corrected chi connectivity index (χ0v) is 14.7. The molecule has 1 aliphatic rings. The molecule has 20 heavy (non-hydrogen) atoms. The maximum atomic E-state index is 11.1. The number of ether oxygens (including phenoxy) is 2. The molecule has 0 aromatic heterocycles. The van der Waals surface area contributed by atoms with Gasteiger partial charge in [0.2, 0.25) is 0 Å². The van der Waals surface area contributed by atoms with Crippen molar-refractivity contribution in [3.05, 3.63) is 22.2 Å². The Bertz CT molecular complexity index is 504. The number of hydrogen-bond acceptors (Lipinski definition) is 4. The van der Waals surface area contributed by atoms with Crippen LogP contribution < -0.4 is 9.47 Å². The number of aliphatic hydroxyl groups is 1. The van der Waals surface area contributed by atoms with E-state index in [0.29, 0.717) is 17.3 Å². The quantitative estimate of drug-likeness (QED) is 0.889. The average molecular weight is 361 g/mol. The van der Waals surface area contributed by atoms with Crippen LogP contribution >= 0.6 is 27.7 Å².